The van der Waals surface area contributed by atoms with Gasteiger partial charge in [-0.3, -0.25) is 0 Å². The topological polar surface area (TPSA) is 55.6 Å². The molecule has 0 spiro atoms. The summed E-state index contributed by atoms with van der Waals surface area (Å²) in [7, 11) is 0. The lowest BCUT2D eigenvalue weighted by molar-refractivity contribution is 0.193. The molecule has 5 heteroatoms. The number of amides is 2. The number of nitrogens with zero attached hydrogens (tertiary/aromatic N) is 1. The zero-order valence-electron chi connectivity index (χ0n) is 15.3. The Kier molecular flexibility index (Phi) is 6.24. The third kappa shape index (κ3) is 4.55. The lowest BCUT2D eigenvalue weighted by Crippen LogP contribution is -2.27. The van der Waals surface area contributed by atoms with Crippen LogP contribution in [0.4, 0.5) is 10.5 Å². The molecule has 3 aromatic carbocycles. The van der Waals surface area contributed by atoms with Crippen LogP contribution in [0.1, 0.15) is 37.9 Å². The van der Waals surface area contributed by atoms with Crippen molar-refractivity contribution in [1.82, 2.24) is 0 Å². The van der Waals surface area contributed by atoms with Crippen LogP contribution >= 0.6 is 12.8 Å². The Morgan fingerprint density at radius 2 is 1.85 bits per heavy atom. The third-order valence-electron chi connectivity index (χ3n) is 4.54. The summed E-state index contributed by atoms with van der Waals surface area (Å²) in [5, 5.41) is 2.40. The summed E-state index contributed by atoms with van der Waals surface area (Å²) in [5.41, 5.74) is 7.06. The molecule has 2 amide bonds. The fourth-order valence-corrected chi connectivity index (χ4v) is 3.30. The molecule has 0 aliphatic heterocycles. The highest BCUT2D eigenvalue weighted by Crippen LogP contribution is 2.33. The highest BCUT2D eigenvalue weighted by atomic mass is 32.1. The van der Waals surface area contributed by atoms with Crippen molar-refractivity contribution in [2.24, 2.45) is 5.73 Å². The predicted molar refractivity (Wildman–Crippen MR) is 114 cm³/mol. The first kappa shape index (κ1) is 19.1. The van der Waals surface area contributed by atoms with Gasteiger partial charge in [-0.1, -0.05) is 74.7 Å². The number of fused-ring (bicyclic) bond motifs is 1. The number of urea groups is 1. The normalized spacial score (nSPS) is 11.9. The molecule has 3 rings (SSSR count). The van der Waals surface area contributed by atoms with E-state index in [2.05, 4.69) is 56.1 Å². The molecule has 0 bridgehead atoms. The van der Waals surface area contributed by atoms with Crippen molar-refractivity contribution < 1.29 is 9.53 Å². The molecule has 140 valence electrons. The van der Waals surface area contributed by atoms with Gasteiger partial charge in [0.05, 0.1) is 5.69 Å². The summed E-state index contributed by atoms with van der Waals surface area (Å²) in [4.78, 5) is 11.4. The summed E-state index contributed by atoms with van der Waals surface area (Å²) in [5.74, 6) is 0.682. The molecular formula is C22H24N2O2S. The van der Waals surface area contributed by atoms with Gasteiger partial charge in [0.25, 0.3) is 0 Å². The van der Waals surface area contributed by atoms with Gasteiger partial charge in [0.1, 0.15) is 11.9 Å². The molecular weight excluding hydrogens is 356 g/mol. The number of hydrogen-bond donors (Lipinski definition) is 2. The molecule has 1 atom stereocenters. The lowest BCUT2D eigenvalue weighted by atomic mass is 9.97. The second-order valence-corrected chi connectivity index (χ2v) is 6.86. The molecule has 1 unspecified atom stereocenters. The third-order valence-corrected chi connectivity index (χ3v) is 4.97. The number of thiol groups is 1. The molecule has 0 aliphatic rings. The van der Waals surface area contributed by atoms with E-state index in [-0.39, 0.29) is 6.10 Å². The van der Waals surface area contributed by atoms with Crippen LogP contribution in [0.2, 0.25) is 0 Å². The van der Waals surface area contributed by atoms with Crippen LogP contribution in [0.15, 0.2) is 66.7 Å². The predicted octanol–water partition coefficient (Wildman–Crippen LogP) is 5.88. The molecule has 0 aliphatic carbocycles. The van der Waals surface area contributed by atoms with E-state index < -0.39 is 6.03 Å². The standard InChI is InChI=1S/C22H24N2O2S/c1-2-3-14-21(20-13-6-9-16-8-4-5-12-19(16)20)26-18-11-7-10-17(15-18)24(27)22(23)25/h4-13,15,21,27H,2-3,14H2,1H3,(H2,23,25). The van der Waals surface area contributed by atoms with Gasteiger partial charge in [-0.2, -0.15) is 0 Å². The van der Waals surface area contributed by atoms with E-state index in [0.29, 0.717) is 11.4 Å². The Hall–Kier alpha value is -2.66. The van der Waals surface area contributed by atoms with E-state index in [9.17, 15) is 4.79 Å². The number of rotatable bonds is 7. The molecule has 0 heterocycles. The van der Waals surface area contributed by atoms with Crippen LogP contribution in [0.3, 0.4) is 0 Å². The second kappa shape index (κ2) is 8.82. The number of primary amides is 1. The first-order chi connectivity index (χ1) is 13.1. The van der Waals surface area contributed by atoms with Crippen molar-refractivity contribution in [3.05, 3.63) is 72.3 Å². The molecule has 0 fully saturated rings. The fraction of sp³-hybridized carbons (Fsp3) is 0.227. The Labute approximate surface area is 165 Å². The summed E-state index contributed by atoms with van der Waals surface area (Å²) in [6, 6.07) is 21.3. The molecule has 0 saturated heterocycles. The quantitative estimate of drug-likeness (QED) is 0.503. The summed E-state index contributed by atoms with van der Waals surface area (Å²) < 4.78 is 7.47. The van der Waals surface area contributed by atoms with Gasteiger partial charge in [-0.05, 0) is 35.7 Å². The number of carbonyl (C=O) groups excluding carboxylic acids is 1. The van der Waals surface area contributed by atoms with Crippen molar-refractivity contribution in [2.75, 3.05) is 4.31 Å². The fourth-order valence-electron chi connectivity index (χ4n) is 3.18. The molecule has 0 aromatic heterocycles. The Bertz CT molecular complexity index is 924. The smallest absolute Gasteiger partial charge is 0.329 e. The maximum Gasteiger partial charge on any atom is 0.329 e. The molecule has 2 N–H and O–H groups in total. The van der Waals surface area contributed by atoms with Gasteiger partial charge in [0.2, 0.25) is 0 Å². The van der Waals surface area contributed by atoms with E-state index in [4.69, 9.17) is 10.5 Å². The van der Waals surface area contributed by atoms with Crippen LogP contribution in [-0.4, -0.2) is 6.03 Å². The number of hydrogen-bond acceptors (Lipinski definition) is 3. The molecule has 0 radical (unpaired) electrons. The van der Waals surface area contributed by atoms with E-state index in [1.54, 1.807) is 12.1 Å². The maximum atomic E-state index is 11.4. The lowest BCUT2D eigenvalue weighted by Gasteiger charge is -2.22. The molecule has 4 nitrogen and oxygen atoms in total. The number of anilines is 1. The van der Waals surface area contributed by atoms with Gasteiger partial charge < -0.3 is 10.5 Å². The highest BCUT2D eigenvalue weighted by Gasteiger charge is 2.17. The number of carbonyl (C=O) groups is 1. The minimum Gasteiger partial charge on any atom is -0.486 e. The van der Waals surface area contributed by atoms with Crippen LogP contribution < -0.4 is 14.8 Å². The largest absolute Gasteiger partial charge is 0.486 e. The molecule has 3 aromatic rings. The highest BCUT2D eigenvalue weighted by molar-refractivity contribution is 7.82. The van der Waals surface area contributed by atoms with Crippen molar-refractivity contribution in [3.8, 4) is 5.75 Å². The first-order valence-electron chi connectivity index (χ1n) is 9.13. The van der Waals surface area contributed by atoms with Gasteiger partial charge in [0.15, 0.2) is 0 Å². The van der Waals surface area contributed by atoms with Crippen LogP contribution in [0, 0.1) is 0 Å². The van der Waals surface area contributed by atoms with Gasteiger partial charge >= 0.3 is 6.03 Å². The van der Waals surface area contributed by atoms with Gasteiger partial charge in [-0.15, -0.1) is 0 Å². The Morgan fingerprint density at radius 3 is 2.63 bits per heavy atom. The monoisotopic (exact) mass is 380 g/mol. The zero-order valence-corrected chi connectivity index (χ0v) is 16.2. The summed E-state index contributed by atoms with van der Waals surface area (Å²) >= 11 is 4.13. The molecule has 27 heavy (non-hydrogen) atoms. The minimum absolute atomic E-state index is 0.0757. The van der Waals surface area contributed by atoms with Crippen molar-refractivity contribution in [1.29, 1.82) is 0 Å². The van der Waals surface area contributed by atoms with E-state index in [0.717, 1.165) is 23.6 Å². The number of unbranched alkanes of at least 4 members (excludes halogenated alkanes) is 1. The van der Waals surface area contributed by atoms with Gasteiger partial charge in [0, 0.05) is 11.6 Å². The SMILES string of the molecule is CCCCC(Oc1cccc(N(S)C(N)=O)c1)c1cccc2ccccc12. The number of ether oxygens (including phenoxy) is 1. The Balaban J connectivity index is 1.94. The number of nitrogens with two attached hydrogens (primary N) is 1. The van der Waals surface area contributed by atoms with E-state index in [1.165, 1.54) is 16.3 Å². The Morgan fingerprint density at radius 1 is 1.11 bits per heavy atom. The zero-order chi connectivity index (χ0) is 19.2. The average Bonchev–Trinajstić information content (AvgIpc) is 2.70. The minimum atomic E-state index is -0.632. The summed E-state index contributed by atoms with van der Waals surface area (Å²) in [6.45, 7) is 2.17. The van der Waals surface area contributed by atoms with E-state index >= 15 is 0 Å². The van der Waals surface area contributed by atoms with Crippen LogP contribution in [0.25, 0.3) is 10.8 Å². The number of benzene rings is 3. The first-order valence-corrected chi connectivity index (χ1v) is 9.53. The maximum absolute atomic E-state index is 11.4. The van der Waals surface area contributed by atoms with Crippen LogP contribution in [-0.2, 0) is 0 Å². The van der Waals surface area contributed by atoms with Crippen molar-refractivity contribution in [2.45, 2.75) is 32.3 Å². The molecule has 0 saturated carbocycles. The van der Waals surface area contributed by atoms with Gasteiger partial charge in [-0.25, -0.2) is 9.10 Å². The van der Waals surface area contributed by atoms with Crippen molar-refractivity contribution >= 4 is 35.3 Å². The summed E-state index contributed by atoms with van der Waals surface area (Å²) in [6.07, 6.45) is 2.99. The average molecular weight is 381 g/mol. The van der Waals surface area contributed by atoms with E-state index in [1.807, 2.05) is 18.2 Å². The van der Waals surface area contributed by atoms with Crippen LogP contribution in [0.5, 0.6) is 5.75 Å². The van der Waals surface area contributed by atoms with Crippen molar-refractivity contribution in [3.63, 3.8) is 0 Å². The second-order valence-electron chi connectivity index (χ2n) is 6.46.